The van der Waals surface area contributed by atoms with Gasteiger partial charge in [-0.1, -0.05) is 18.5 Å². The average Bonchev–Trinajstić information content (AvgIpc) is 2.95. The molecule has 3 heterocycles. The average molecular weight is 272 g/mol. The van der Waals surface area contributed by atoms with Crippen LogP contribution in [-0.4, -0.2) is 35.6 Å². The number of nitrogens with zero attached hydrogens (tertiary/aromatic N) is 2. The van der Waals surface area contributed by atoms with Crippen molar-refractivity contribution in [2.24, 2.45) is 11.8 Å². The Labute approximate surface area is 111 Å². The van der Waals surface area contributed by atoms with Crippen molar-refractivity contribution in [3.05, 3.63) is 15.5 Å². The Balaban J connectivity index is 1.71. The molecule has 0 radical (unpaired) electrons. The fourth-order valence-electron chi connectivity index (χ4n) is 3.39. The molecule has 0 aromatic carbocycles. The van der Waals surface area contributed by atoms with Gasteiger partial charge in [-0.2, -0.15) is 0 Å². The molecule has 17 heavy (non-hydrogen) atoms. The summed E-state index contributed by atoms with van der Waals surface area (Å²) in [4.78, 5) is 6.97. The largest absolute Gasteiger partial charge is 0.316 e. The Morgan fingerprint density at radius 3 is 3.18 bits per heavy atom. The van der Waals surface area contributed by atoms with E-state index in [1.165, 1.54) is 26.1 Å². The smallest absolute Gasteiger partial charge is 0.113 e. The Bertz CT molecular complexity index is 395. The van der Waals surface area contributed by atoms with Gasteiger partial charge in [0.1, 0.15) is 9.34 Å². The molecule has 1 aromatic rings. The number of likely N-dealkylation sites (tertiary alicyclic amines) is 1. The highest BCUT2D eigenvalue weighted by Gasteiger charge is 2.43. The Morgan fingerprint density at radius 2 is 2.47 bits per heavy atom. The first-order valence-corrected chi connectivity index (χ1v) is 7.52. The number of aromatic nitrogens is 1. The van der Waals surface area contributed by atoms with Crippen LogP contribution in [0.2, 0.25) is 4.34 Å². The van der Waals surface area contributed by atoms with Crippen LogP contribution in [0.15, 0.2) is 6.20 Å². The first-order chi connectivity index (χ1) is 8.28. The van der Waals surface area contributed by atoms with E-state index in [0.29, 0.717) is 0 Å². The van der Waals surface area contributed by atoms with Gasteiger partial charge in [0.25, 0.3) is 0 Å². The van der Waals surface area contributed by atoms with E-state index >= 15 is 0 Å². The van der Waals surface area contributed by atoms with E-state index in [0.717, 1.165) is 33.8 Å². The molecular weight excluding hydrogens is 254 g/mol. The number of hydrogen-bond acceptors (Lipinski definition) is 4. The third-order valence-corrected chi connectivity index (χ3v) is 5.21. The molecule has 94 valence electrons. The quantitative estimate of drug-likeness (QED) is 0.914. The lowest BCUT2D eigenvalue weighted by Gasteiger charge is -2.25. The van der Waals surface area contributed by atoms with E-state index in [-0.39, 0.29) is 0 Å². The summed E-state index contributed by atoms with van der Waals surface area (Å²) in [5, 5.41) is 4.67. The molecule has 0 amide bonds. The molecule has 5 heteroatoms. The monoisotopic (exact) mass is 271 g/mol. The van der Waals surface area contributed by atoms with Crippen molar-refractivity contribution in [1.82, 2.24) is 15.2 Å². The van der Waals surface area contributed by atoms with Gasteiger partial charge < -0.3 is 5.32 Å². The Hall–Kier alpha value is -0.160. The predicted octanol–water partition coefficient (Wildman–Crippen LogP) is 2.23. The van der Waals surface area contributed by atoms with Crippen molar-refractivity contribution < 1.29 is 0 Å². The van der Waals surface area contributed by atoms with E-state index in [2.05, 4.69) is 22.1 Å². The van der Waals surface area contributed by atoms with Crippen molar-refractivity contribution in [2.75, 3.05) is 19.6 Å². The molecule has 3 atom stereocenters. The van der Waals surface area contributed by atoms with Gasteiger partial charge in [-0.25, -0.2) is 4.98 Å². The lowest BCUT2D eigenvalue weighted by Crippen LogP contribution is -2.34. The third kappa shape index (κ3) is 2.24. The van der Waals surface area contributed by atoms with E-state index < -0.39 is 0 Å². The van der Waals surface area contributed by atoms with Gasteiger partial charge in [-0.15, -0.1) is 11.3 Å². The zero-order chi connectivity index (χ0) is 11.8. The van der Waals surface area contributed by atoms with Gasteiger partial charge in [0, 0.05) is 12.6 Å². The summed E-state index contributed by atoms with van der Waals surface area (Å²) in [5.74, 6) is 1.69. The van der Waals surface area contributed by atoms with Crippen molar-refractivity contribution in [3.63, 3.8) is 0 Å². The SMILES string of the molecule is CCC1C2CNCC2CN1Cc1ncc(Cl)s1. The van der Waals surface area contributed by atoms with Crippen LogP contribution in [0, 0.1) is 11.8 Å². The van der Waals surface area contributed by atoms with Crippen LogP contribution in [0.3, 0.4) is 0 Å². The van der Waals surface area contributed by atoms with Crippen LogP contribution >= 0.6 is 22.9 Å². The summed E-state index contributed by atoms with van der Waals surface area (Å²) < 4.78 is 0.800. The zero-order valence-electron chi connectivity index (χ0n) is 10.0. The molecule has 1 aromatic heterocycles. The highest BCUT2D eigenvalue weighted by Crippen LogP contribution is 2.35. The van der Waals surface area contributed by atoms with Crippen LogP contribution in [0.25, 0.3) is 0 Å². The molecular formula is C12H18ClN3S. The van der Waals surface area contributed by atoms with Gasteiger partial charge in [-0.3, -0.25) is 4.90 Å². The standard InChI is InChI=1S/C12H18ClN3S/c1-2-10-9-4-14-3-8(9)6-16(10)7-12-15-5-11(13)17-12/h5,8-10,14H,2-4,6-7H2,1H3. The number of rotatable bonds is 3. The molecule has 3 unspecified atom stereocenters. The van der Waals surface area contributed by atoms with Crippen LogP contribution in [0.1, 0.15) is 18.4 Å². The Morgan fingerprint density at radius 1 is 1.59 bits per heavy atom. The highest BCUT2D eigenvalue weighted by atomic mass is 35.5. The maximum atomic E-state index is 5.94. The van der Waals surface area contributed by atoms with Gasteiger partial charge in [-0.05, 0) is 31.3 Å². The summed E-state index contributed by atoms with van der Waals surface area (Å²) in [6.07, 6.45) is 3.00. The molecule has 3 rings (SSSR count). The number of hydrogen-bond donors (Lipinski definition) is 1. The minimum Gasteiger partial charge on any atom is -0.316 e. The lowest BCUT2D eigenvalue weighted by molar-refractivity contribution is 0.210. The van der Waals surface area contributed by atoms with Crippen molar-refractivity contribution >= 4 is 22.9 Å². The van der Waals surface area contributed by atoms with Crippen LogP contribution in [0.4, 0.5) is 0 Å². The minimum atomic E-state index is 0.720. The molecule has 2 saturated heterocycles. The first-order valence-electron chi connectivity index (χ1n) is 6.33. The molecule has 0 spiro atoms. The fourth-order valence-corrected chi connectivity index (χ4v) is 4.37. The van der Waals surface area contributed by atoms with E-state index in [1.54, 1.807) is 17.5 Å². The predicted molar refractivity (Wildman–Crippen MR) is 71.5 cm³/mol. The third-order valence-electron chi connectivity index (χ3n) is 4.11. The molecule has 2 aliphatic heterocycles. The summed E-state index contributed by atoms with van der Waals surface area (Å²) in [7, 11) is 0. The molecule has 2 aliphatic rings. The second-order valence-electron chi connectivity index (χ2n) is 5.05. The van der Waals surface area contributed by atoms with Gasteiger partial charge in [0.2, 0.25) is 0 Å². The lowest BCUT2D eigenvalue weighted by atomic mass is 9.93. The highest BCUT2D eigenvalue weighted by molar-refractivity contribution is 7.15. The maximum Gasteiger partial charge on any atom is 0.113 e. The zero-order valence-corrected chi connectivity index (χ0v) is 11.6. The van der Waals surface area contributed by atoms with Gasteiger partial charge in [0.15, 0.2) is 0 Å². The second kappa shape index (κ2) is 4.84. The van der Waals surface area contributed by atoms with Crippen molar-refractivity contribution in [2.45, 2.75) is 25.9 Å². The van der Waals surface area contributed by atoms with Gasteiger partial charge >= 0.3 is 0 Å². The Kier molecular flexibility index (Phi) is 3.39. The van der Waals surface area contributed by atoms with Gasteiger partial charge in [0.05, 0.1) is 12.7 Å². The van der Waals surface area contributed by atoms with E-state index in [4.69, 9.17) is 11.6 Å². The fraction of sp³-hybridized carbons (Fsp3) is 0.750. The minimum absolute atomic E-state index is 0.720. The normalized spacial score (nSPS) is 33.2. The summed E-state index contributed by atoms with van der Waals surface area (Å²) in [6.45, 7) is 6.87. The van der Waals surface area contributed by atoms with E-state index in [1.807, 2.05) is 0 Å². The van der Waals surface area contributed by atoms with Crippen LogP contribution < -0.4 is 5.32 Å². The topological polar surface area (TPSA) is 28.2 Å². The van der Waals surface area contributed by atoms with Crippen molar-refractivity contribution in [3.8, 4) is 0 Å². The number of thiazole rings is 1. The van der Waals surface area contributed by atoms with Crippen LogP contribution in [-0.2, 0) is 6.54 Å². The van der Waals surface area contributed by atoms with Crippen LogP contribution in [0.5, 0.6) is 0 Å². The molecule has 2 fully saturated rings. The molecule has 1 N–H and O–H groups in total. The van der Waals surface area contributed by atoms with Crippen molar-refractivity contribution in [1.29, 1.82) is 0 Å². The number of fused-ring (bicyclic) bond motifs is 1. The maximum absolute atomic E-state index is 5.94. The summed E-state index contributed by atoms with van der Waals surface area (Å²) in [6, 6.07) is 0.720. The second-order valence-corrected chi connectivity index (χ2v) is 6.79. The number of halogens is 1. The van der Waals surface area contributed by atoms with E-state index in [9.17, 15) is 0 Å². The molecule has 0 saturated carbocycles. The number of nitrogens with one attached hydrogen (secondary N) is 1. The molecule has 3 nitrogen and oxygen atoms in total. The summed E-state index contributed by atoms with van der Waals surface area (Å²) in [5.41, 5.74) is 0. The molecule has 0 bridgehead atoms. The molecule has 0 aliphatic carbocycles. The summed E-state index contributed by atoms with van der Waals surface area (Å²) >= 11 is 7.55. The first kappa shape index (κ1) is 11.9.